The molecule has 0 aliphatic rings. The van der Waals surface area contributed by atoms with Crippen LogP contribution in [-0.2, 0) is 6.54 Å². The predicted octanol–water partition coefficient (Wildman–Crippen LogP) is 2.65. The third kappa shape index (κ3) is 3.39. The van der Waals surface area contributed by atoms with E-state index in [9.17, 15) is 9.50 Å². The standard InChI is InChI=1S/C15H16FNO/c16-14-9-5-4-8-13(14)10-17-11-15(18)12-6-2-1-3-7-12/h1-9,15,17-18H,10-11H2/t15-/m0/s1. The van der Waals surface area contributed by atoms with E-state index in [0.29, 0.717) is 18.7 Å². The van der Waals surface area contributed by atoms with Gasteiger partial charge in [-0.05, 0) is 11.6 Å². The Balaban J connectivity index is 1.84. The maximum atomic E-state index is 13.3. The highest BCUT2D eigenvalue weighted by molar-refractivity contribution is 5.18. The quantitative estimate of drug-likeness (QED) is 0.848. The third-order valence-electron chi connectivity index (χ3n) is 2.80. The zero-order chi connectivity index (χ0) is 12.8. The molecule has 0 amide bonds. The topological polar surface area (TPSA) is 32.3 Å². The molecule has 0 aliphatic carbocycles. The van der Waals surface area contributed by atoms with Gasteiger partial charge in [0.05, 0.1) is 6.10 Å². The molecule has 0 unspecified atom stereocenters. The van der Waals surface area contributed by atoms with Crippen molar-refractivity contribution >= 4 is 0 Å². The van der Waals surface area contributed by atoms with Gasteiger partial charge < -0.3 is 10.4 Å². The number of nitrogens with one attached hydrogen (secondary N) is 1. The van der Waals surface area contributed by atoms with Crippen LogP contribution in [0.5, 0.6) is 0 Å². The van der Waals surface area contributed by atoms with Crippen LogP contribution in [0.4, 0.5) is 4.39 Å². The van der Waals surface area contributed by atoms with Gasteiger partial charge in [0, 0.05) is 18.7 Å². The molecule has 18 heavy (non-hydrogen) atoms. The highest BCUT2D eigenvalue weighted by Gasteiger charge is 2.06. The summed E-state index contributed by atoms with van der Waals surface area (Å²) in [5.74, 6) is -0.223. The van der Waals surface area contributed by atoms with Gasteiger partial charge in [0.15, 0.2) is 0 Å². The summed E-state index contributed by atoms with van der Waals surface area (Å²) in [4.78, 5) is 0. The largest absolute Gasteiger partial charge is 0.387 e. The first-order valence-corrected chi connectivity index (χ1v) is 5.94. The van der Waals surface area contributed by atoms with E-state index in [-0.39, 0.29) is 5.82 Å². The minimum atomic E-state index is -0.571. The molecule has 0 saturated carbocycles. The molecule has 0 radical (unpaired) electrons. The molecule has 1 atom stereocenters. The van der Waals surface area contributed by atoms with Gasteiger partial charge in [0.1, 0.15) is 5.82 Å². The maximum Gasteiger partial charge on any atom is 0.127 e. The van der Waals surface area contributed by atoms with E-state index < -0.39 is 6.10 Å². The Labute approximate surface area is 106 Å². The summed E-state index contributed by atoms with van der Waals surface area (Å²) in [6, 6.07) is 16.0. The van der Waals surface area contributed by atoms with E-state index in [1.54, 1.807) is 18.2 Å². The molecule has 0 aliphatic heterocycles. The minimum Gasteiger partial charge on any atom is -0.387 e. The van der Waals surface area contributed by atoms with Crippen molar-refractivity contribution in [2.75, 3.05) is 6.54 Å². The Morgan fingerprint density at radius 2 is 1.67 bits per heavy atom. The first-order valence-electron chi connectivity index (χ1n) is 5.94. The van der Waals surface area contributed by atoms with Gasteiger partial charge in [0.25, 0.3) is 0 Å². The Morgan fingerprint density at radius 1 is 1.00 bits per heavy atom. The lowest BCUT2D eigenvalue weighted by atomic mass is 10.1. The molecule has 0 aromatic heterocycles. The number of rotatable bonds is 5. The van der Waals surface area contributed by atoms with Crippen LogP contribution >= 0.6 is 0 Å². The Hall–Kier alpha value is -1.71. The first-order chi connectivity index (χ1) is 8.77. The fourth-order valence-electron chi connectivity index (χ4n) is 1.78. The van der Waals surface area contributed by atoms with Gasteiger partial charge in [0.2, 0.25) is 0 Å². The van der Waals surface area contributed by atoms with Crippen molar-refractivity contribution in [2.45, 2.75) is 12.6 Å². The van der Waals surface area contributed by atoms with Gasteiger partial charge in [-0.1, -0.05) is 48.5 Å². The lowest BCUT2D eigenvalue weighted by Gasteiger charge is -2.12. The summed E-state index contributed by atoms with van der Waals surface area (Å²) in [5.41, 5.74) is 1.47. The molecule has 0 heterocycles. The van der Waals surface area contributed by atoms with Crippen LogP contribution in [0.1, 0.15) is 17.2 Å². The second-order valence-electron chi connectivity index (χ2n) is 4.15. The summed E-state index contributed by atoms with van der Waals surface area (Å²) in [5, 5.41) is 13.0. The molecule has 2 N–H and O–H groups in total. The molecule has 0 saturated heterocycles. The zero-order valence-electron chi connectivity index (χ0n) is 10.0. The Morgan fingerprint density at radius 3 is 2.39 bits per heavy atom. The second-order valence-corrected chi connectivity index (χ2v) is 4.15. The van der Waals surface area contributed by atoms with Crippen LogP contribution in [0.25, 0.3) is 0 Å². The number of aliphatic hydroxyl groups excluding tert-OH is 1. The molecule has 2 aromatic carbocycles. The second kappa shape index (κ2) is 6.28. The molecule has 94 valence electrons. The molecule has 2 aromatic rings. The molecule has 0 fully saturated rings. The monoisotopic (exact) mass is 245 g/mol. The molecule has 3 heteroatoms. The van der Waals surface area contributed by atoms with Crippen LogP contribution in [0.15, 0.2) is 54.6 Å². The molecule has 2 rings (SSSR count). The van der Waals surface area contributed by atoms with E-state index in [4.69, 9.17) is 0 Å². The SMILES string of the molecule is O[C@@H](CNCc1ccccc1F)c1ccccc1. The molecular weight excluding hydrogens is 229 g/mol. The smallest absolute Gasteiger partial charge is 0.127 e. The molecule has 0 spiro atoms. The van der Waals surface area contributed by atoms with E-state index in [1.165, 1.54) is 6.07 Å². The highest BCUT2D eigenvalue weighted by atomic mass is 19.1. The Bertz CT molecular complexity index is 487. The molecule has 0 bridgehead atoms. The lowest BCUT2D eigenvalue weighted by molar-refractivity contribution is 0.174. The van der Waals surface area contributed by atoms with Crippen molar-refractivity contribution in [3.63, 3.8) is 0 Å². The van der Waals surface area contributed by atoms with Gasteiger partial charge >= 0.3 is 0 Å². The average molecular weight is 245 g/mol. The summed E-state index contributed by atoms with van der Waals surface area (Å²) in [6.45, 7) is 0.814. The predicted molar refractivity (Wildman–Crippen MR) is 69.5 cm³/mol. The number of benzene rings is 2. The van der Waals surface area contributed by atoms with Gasteiger partial charge in [-0.2, -0.15) is 0 Å². The number of halogens is 1. The summed E-state index contributed by atoms with van der Waals surface area (Å²) >= 11 is 0. The van der Waals surface area contributed by atoms with Crippen molar-refractivity contribution in [3.8, 4) is 0 Å². The van der Waals surface area contributed by atoms with Crippen molar-refractivity contribution < 1.29 is 9.50 Å². The first kappa shape index (κ1) is 12.7. The van der Waals surface area contributed by atoms with Gasteiger partial charge in [-0.25, -0.2) is 4.39 Å². The molecule has 2 nitrogen and oxygen atoms in total. The Kier molecular flexibility index (Phi) is 4.45. The summed E-state index contributed by atoms with van der Waals surface area (Å²) < 4.78 is 13.3. The normalized spacial score (nSPS) is 12.3. The van der Waals surface area contributed by atoms with Crippen LogP contribution in [0.2, 0.25) is 0 Å². The third-order valence-corrected chi connectivity index (χ3v) is 2.80. The lowest BCUT2D eigenvalue weighted by Crippen LogP contribution is -2.21. The van der Waals surface area contributed by atoms with Crippen LogP contribution < -0.4 is 5.32 Å². The van der Waals surface area contributed by atoms with E-state index in [0.717, 1.165) is 5.56 Å². The van der Waals surface area contributed by atoms with Crippen molar-refractivity contribution in [1.82, 2.24) is 5.32 Å². The van der Waals surface area contributed by atoms with Gasteiger partial charge in [-0.3, -0.25) is 0 Å². The summed E-state index contributed by atoms with van der Waals surface area (Å²) in [7, 11) is 0. The van der Waals surface area contributed by atoms with E-state index in [2.05, 4.69) is 5.32 Å². The number of aliphatic hydroxyl groups is 1. The maximum absolute atomic E-state index is 13.3. The number of hydrogen-bond acceptors (Lipinski definition) is 2. The van der Waals surface area contributed by atoms with Crippen LogP contribution in [0.3, 0.4) is 0 Å². The number of hydrogen-bond donors (Lipinski definition) is 2. The zero-order valence-corrected chi connectivity index (χ0v) is 10.0. The fraction of sp³-hybridized carbons (Fsp3) is 0.200. The molecular formula is C15H16FNO. The average Bonchev–Trinajstić information content (AvgIpc) is 2.42. The van der Waals surface area contributed by atoms with Crippen molar-refractivity contribution in [3.05, 3.63) is 71.5 Å². The summed E-state index contributed by atoms with van der Waals surface area (Å²) in [6.07, 6.45) is -0.571. The minimum absolute atomic E-state index is 0.223. The van der Waals surface area contributed by atoms with Gasteiger partial charge in [-0.15, -0.1) is 0 Å². The van der Waals surface area contributed by atoms with E-state index in [1.807, 2.05) is 30.3 Å². The van der Waals surface area contributed by atoms with Crippen LogP contribution in [0, 0.1) is 5.82 Å². The van der Waals surface area contributed by atoms with E-state index >= 15 is 0 Å². The highest BCUT2D eigenvalue weighted by Crippen LogP contribution is 2.11. The van der Waals surface area contributed by atoms with Crippen molar-refractivity contribution in [1.29, 1.82) is 0 Å². The fourth-order valence-corrected chi connectivity index (χ4v) is 1.78. The van der Waals surface area contributed by atoms with Crippen LogP contribution in [-0.4, -0.2) is 11.7 Å². The van der Waals surface area contributed by atoms with Crippen molar-refractivity contribution in [2.24, 2.45) is 0 Å².